The Morgan fingerprint density at radius 1 is 1.38 bits per heavy atom. The average Bonchev–Trinajstić information content (AvgIpc) is 2.48. The number of pyridine rings is 1. The van der Waals surface area contributed by atoms with Crippen molar-refractivity contribution in [2.24, 2.45) is 0 Å². The Balaban J connectivity index is 2.46. The third kappa shape index (κ3) is 1.70. The first-order valence-electron chi connectivity index (χ1n) is 4.36. The van der Waals surface area contributed by atoms with E-state index in [2.05, 4.69) is 23.2 Å². The van der Waals surface area contributed by atoms with Crippen molar-refractivity contribution in [3.8, 4) is 0 Å². The molecule has 68 valence electrons. The third-order valence-electron chi connectivity index (χ3n) is 1.74. The summed E-state index contributed by atoms with van der Waals surface area (Å²) in [6, 6.07) is 6.05. The quantitative estimate of drug-likeness (QED) is 0.681. The number of hydrogen-bond acceptors (Lipinski definition) is 2. The maximum Gasteiger partial charge on any atom is 0.137 e. The predicted octanol–water partition coefficient (Wildman–Crippen LogP) is 2.83. The van der Waals surface area contributed by atoms with Crippen LogP contribution in [0.2, 0.25) is 0 Å². The van der Waals surface area contributed by atoms with Crippen LogP contribution in [0.4, 0.5) is 0 Å². The van der Waals surface area contributed by atoms with Gasteiger partial charge in [0, 0.05) is 11.4 Å². The topological polar surface area (TPSA) is 17.3 Å². The highest BCUT2D eigenvalue weighted by molar-refractivity contribution is 7.99. The van der Waals surface area contributed by atoms with Gasteiger partial charge in [-0.2, -0.15) is 0 Å². The zero-order chi connectivity index (χ0) is 9.26. The highest BCUT2D eigenvalue weighted by Gasteiger charge is 2.04. The van der Waals surface area contributed by atoms with Crippen LogP contribution >= 0.6 is 11.8 Å². The second-order valence-electron chi connectivity index (χ2n) is 3.19. The number of hydrogen-bond donors (Lipinski definition) is 0. The maximum atomic E-state index is 4.31. The van der Waals surface area contributed by atoms with Crippen molar-refractivity contribution in [2.45, 2.75) is 24.1 Å². The molecular weight excluding hydrogens is 180 g/mol. The first-order chi connectivity index (χ1) is 6.27. The van der Waals surface area contributed by atoms with E-state index in [9.17, 15) is 0 Å². The van der Waals surface area contributed by atoms with E-state index in [1.807, 2.05) is 42.4 Å². The molecule has 0 aliphatic rings. The van der Waals surface area contributed by atoms with Gasteiger partial charge in [0.1, 0.15) is 5.65 Å². The standard InChI is InChI=1S/C10H12N2S/c1-8(2)13-10-7-11-9-5-3-4-6-12(9)10/h3-8H,1-2H3. The predicted molar refractivity (Wildman–Crippen MR) is 56.2 cm³/mol. The Bertz CT molecular complexity index is 406. The molecule has 0 amide bonds. The van der Waals surface area contributed by atoms with Crippen LogP contribution in [-0.2, 0) is 0 Å². The van der Waals surface area contributed by atoms with E-state index in [1.165, 1.54) is 5.03 Å². The van der Waals surface area contributed by atoms with Crippen LogP contribution in [0.5, 0.6) is 0 Å². The zero-order valence-corrected chi connectivity index (χ0v) is 8.58. The van der Waals surface area contributed by atoms with Crippen LogP contribution in [0, 0.1) is 0 Å². The minimum absolute atomic E-state index is 0.597. The Kier molecular flexibility index (Phi) is 2.27. The summed E-state index contributed by atoms with van der Waals surface area (Å²) < 4.78 is 2.12. The van der Waals surface area contributed by atoms with Crippen LogP contribution in [0.3, 0.4) is 0 Å². The molecule has 0 saturated heterocycles. The smallest absolute Gasteiger partial charge is 0.137 e. The molecule has 0 N–H and O–H groups in total. The normalized spacial score (nSPS) is 11.3. The number of rotatable bonds is 2. The van der Waals surface area contributed by atoms with E-state index in [-0.39, 0.29) is 0 Å². The van der Waals surface area contributed by atoms with Gasteiger partial charge in [-0.1, -0.05) is 19.9 Å². The van der Waals surface area contributed by atoms with Gasteiger partial charge in [-0.3, -0.25) is 4.40 Å². The molecule has 0 atom stereocenters. The summed E-state index contributed by atoms with van der Waals surface area (Å²) in [6.45, 7) is 4.38. The summed E-state index contributed by atoms with van der Waals surface area (Å²) >= 11 is 1.84. The molecule has 0 unspecified atom stereocenters. The monoisotopic (exact) mass is 192 g/mol. The second kappa shape index (κ2) is 3.42. The van der Waals surface area contributed by atoms with Gasteiger partial charge in [-0.25, -0.2) is 4.98 Å². The summed E-state index contributed by atoms with van der Waals surface area (Å²) in [5, 5.41) is 1.81. The summed E-state index contributed by atoms with van der Waals surface area (Å²) in [7, 11) is 0. The molecule has 3 heteroatoms. The maximum absolute atomic E-state index is 4.31. The molecule has 13 heavy (non-hydrogen) atoms. The minimum Gasteiger partial charge on any atom is -0.295 e. The molecule has 2 nitrogen and oxygen atoms in total. The van der Waals surface area contributed by atoms with Gasteiger partial charge in [0.05, 0.1) is 11.2 Å². The van der Waals surface area contributed by atoms with E-state index >= 15 is 0 Å². The highest BCUT2D eigenvalue weighted by Crippen LogP contribution is 2.23. The molecule has 0 radical (unpaired) electrons. The van der Waals surface area contributed by atoms with Crippen molar-refractivity contribution < 1.29 is 0 Å². The van der Waals surface area contributed by atoms with Gasteiger partial charge in [-0.05, 0) is 12.1 Å². The van der Waals surface area contributed by atoms with Crippen molar-refractivity contribution in [1.29, 1.82) is 0 Å². The lowest BCUT2D eigenvalue weighted by molar-refractivity contribution is 1.03. The van der Waals surface area contributed by atoms with Crippen molar-refractivity contribution in [1.82, 2.24) is 9.38 Å². The van der Waals surface area contributed by atoms with E-state index < -0.39 is 0 Å². The van der Waals surface area contributed by atoms with Crippen LogP contribution in [0.25, 0.3) is 5.65 Å². The number of thioether (sulfide) groups is 1. The molecule has 0 aliphatic carbocycles. The Labute approximate surface area is 82.0 Å². The lowest BCUT2D eigenvalue weighted by Crippen LogP contribution is -1.90. The SMILES string of the molecule is CC(C)Sc1cnc2ccccn12. The number of fused-ring (bicyclic) bond motifs is 1. The van der Waals surface area contributed by atoms with Crippen molar-refractivity contribution >= 4 is 17.4 Å². The van der Waals surface area contributed by atoms with Gasteiger partial charge in [-0.15, -0.1) is 11.8 Å². The lowest BCUT2D eigenvalue weighted by atomic mass is 10.5. The summed E-state index contributed by atoms with van der Waals surface area (Å²) in [5.41, 5.74) is 1.02. The molecule has 0 spiro atoms. The Morgan fingerprint density at radius 2 is 2.23 bits per heavy atom. The molecular formula is C10H12N2S. The van der Waals surface area contributed by atoms with Crippen molar-refractivity contribution in [3.63, 3.8) is 0 Å². The van der Waals surface area contributed by atoms with Gasteiger partial charge < -0.3 is 0 Å². The van der Waals surface area contributed by atoms with E-state index in [0.29, 0.717) is 5.25 Å². The van der Waals surface area contributed by atoms with E-state index in [0.717, 1.165) is 5.65 Å². The second-order valence-corrected chi connectivity index (χ2v) is 4.79. The zero-order valence-electron chi connectivity index (χ0n) is 7.77. The van der Waals surface area contributed by atoms with Gasteiger partial charge in [0.25, 0.3) is 0 Å². The molecule has 2 rings (SSSR count). The molecule has 2 aromatic heterocycles. The summed E-state index contributed by atoms with van der Waals surface area (Å²) in [5.74, 6) is 0. The van der Waals surface area contributed by atoms with Crippen molar-refractivity contribution in [3.05, 3.63) is 30.6 Å². The average molecular weight is 192 g/mol. The van der Waals surface area contributed by atoms with Crippen LogP contribution in [-0.4, -0.2) is 14.6 Å². The first kappa shape index (κ1) is 8.63. The largest absolute Gasteiger partial charge is 0.295 e. The van der Waals surface area contributed by atoms with E-state index in [1.54, 1.807) is 0 Å². The molecule has 0 aliphatic heterocycles. The lowest BCUT2D eigenvalue weighted by Gasteiger charge is -2.03. The van der Waals surface area contributed by atoms with Crippen molar-refractivity contribution in [2.75, 3.05) is 0 Å². The van der Waals surface area contributed by atoms with Gasteiger partial charge >= 0.3 is 0 Å². The minimum atomic E-state index is 0.597. The molecule has 0 aromatic carbocycles. The highest BCUT2D eigenvalue weighted by atomic mass is 32.2. The molecule has 0 fully saturated rings. The number of aromatic nitrogens is 2. The fourth-order valence-corrected chi connectivity index (χ4v) is 2.10. The third-order valence-corrected chi connectivity index (χ3v) is 2.75. The fraction of sp³-hybridized carbons (Fsp3) is 0.300. The van der Waals surface area contributed by atoms with Crippen LogP contribution in [0.15, 0.2) is 35.6 Å². The number of imidazole rings is 1. The Morgan fingerprint density at radius 3 is 3.00 bits per heavy atom. The molecule has 0 saturated carbocycles. The molecule has 2 aromatic rings. The Hall–Kier alpha value is -0.960. The van der Waals surface area contributed by atoms with Gasteiger partial charge in [0.2, 0.25) is 0 Å². The molecule has 0 bridgehead atoms. The summed E-state index contributed by atoms with van der Waals surface area (Å²) in [4.78, 5) is 4.31. The van der Waals surface area contributed by atoms with E-state index in [4.69, 9.17) is 0 Å². The van der Waals surface area contributed by atoms with Crippen LogP contribution < -0.4 is 0 Å². The molecule has 2 heterocycles. The summed E-state index contributed by atoms with van der Waals surface area (Å²) in [6.07, 6.45) is 3.98. The first-order valence-corrected chi connectivity index (χ1v) is 5.24. The van der Waals surface area contributed by atoms with Crippen LogP contribution in [0.1, 0.15) is 13.8 Å². The number of nitrogens with zero attached hydrogens (tertiary/aromatic N) is 2. The van der Waals surface area contributed by atoms with Gasteiger partial charge in [0.15, 0.2) is 0 Å². The fourth-order valence-electron chi connectivity index (χ4n) is 1.24.